The van der Waals surface area contributed by atoms with Crippen molar-refractivity contribution < 1.29 is 4.79 Å². The molecule has 106 valence electrons. The van der Waals surface area contributed by atoms with Crippen LogP contribution in [-0.2, 0) is 6.54 Å². The summed E-state index contributed by atoms with van der Waals surface area (Å²) in [5.74, 6) is -0.0264. The topological polar surface area (TPSA) is 49.0 Å². The van der Waals surface area contributed by atoms with Crippen LogP contribution in [0.25, 0.3) is 10.9 Å². The van der Waals surface area contributed by atoms with Gasteiger partial charge in [-0.15, -0.1) is 0 Å². The van der Waals surface area contributed by atoms with Crippen LogP contribution in [0.1, 0.15) is 15.9 Å². The van der Waals surface area contributed by atoms with E-state index in [1.165, 1.54) is 0 Å². The van der Waals surface area contributed by atoms with E-state index in [0.29, 0.717) is 17.1 Å². The van der Waals surface area contributed by atoms with E-state index in [-0.39, 0.29) is 5.91 Å². The third-order valence-electron chi connectivity index (χ3n) is 3.37. The predicted molar refractivity (Wildman–Crippen MR) is 83.3 cm³/mol. The summed E-state index contributed by atoms with van der Waals surface area (Å²) in [6.07, 6.45) is 1.74. The van der Waals surface area contributed by atoms with Crippen molar-refractivity contribution in [2.24, 2.45) is 0 Å². The second-order valence-corrected chi connectivity index (χ2v) is 5.40. The molecule has 0 atom stereocenters. The predicted octanol–water partition coefficient (Wildman–Crippen LogP) is 3.49. The molecule has 0 saturated carbocycles. The molecule has 0 fully saturated rings. The van der Waals surface area contributed by atoms with E-state index in [4.69, 9.17) is 11.6 Å². The minimum atomic E-state index is -0.0264. The smallest absolute Gasteiger partial charge is 0.253 e. The first-order valence-electron chi connectivity index (χ1n) is 6.56. The summed E-state index contributed by atoms with van der Waals surface area (Å²) in [5.41, 5.74) is 2.54. The van der Waals surface area contributed by atoms with Gasteiger partial charge in [0.1, 0.15) is 0 Å². The Morgan fingerprint density at radius 1 is 1.24 bits per heavy atom. The Balaban J connectivity index is 1.78. The SMILES string of the molecule is CN(Cc1ccc(Cl)cc1)C(=O)c1ccc2cn[nH]c2c1. The number of nitrogens with zero attached hydrogens (tertiary/aromatic N) is 2. The number of carbonyl (C=O) groups is 1. The number of amides is 1. The second kappa shape index (κ2) is 5.58. The Hall–Kier alpha value is -2.33. The first-order chi connectivity index (χ1) is 10.1. The van der Waals surface area contributed by atoms with Crippen LogP contribution in [0.4, 0.5) is 0 Å². The minimum Gasteiger partial charge on any atom is -0.337 e. The third-order valence-corrected chi connectivity index (χ3v) is 3.62. The summed E-state index contributed by atoms with van der Waals surface area (Å²) in [5, 5.41) is 8.52. The molecule has 0 aliphatic carbocycles. The highest BCUT2D eigenvalue weighted by Gasteiger charge is 2.13. The first-order valence-corrected chi connectivity index (χ1v) is 6.94. The van der Waals surface area contributed by atoms with Crippen LogP contribution < -0.4 is 0 Å². The zero-order chi connectivity index (χ0) is 14.8. The summed E-state index contributed by atoms with van der Waals surface area (Å²) >= 11 is 5.86. The number of fused-ring (bicyclic) bond motifs is 1. The van der Waals surface area contributed by atoms with Crippen LogP contribution in [0.3, 0.4) is 0 Å². The number of carbonyl (C=O) groups excluding carboxylic acids is 1. The maximum absolute atomic E-state index is 12.4. The lowest BCUT2D eigenvalue weighted by Gasteiger charge is -2.17. The van der Waals surface area contributed by atoms with Gasteiger partial charge >= 0.3 is 0 Å². The van der Waals surface area contributed by atoms with Gasteiger partial charge in [-0.1, -0.05) is 29.8 Å². The van der Waals surface area contributed by atoms with Crippen molar-refractivity contribution in [3.05, 3.63) is 64.8 Å². The number of rotatable bonds is 3. The molecular formula is C16H14ClN3O. The van der Waals surface area contributed by atoms with Crippen molar-refractivity contribution in [1.82, 2.24) is 15.1 Å². The molecule has 0 spiro atoms. The highest BCUT2D eigenvalue weighted by molar-refractivity contribution is 6.30. The maximum atomic E-state index is 12.4. The van der Waals surface area contributed by atoms with Gasteiger partial charge in [-0.25, -0.2) is 0 Å². The minimum absolute atomic E-state index is 0.0264. The molecule has 1 heterocycles. The largest absolute Gasteiger partial charge is 0.337 e. The van der Waals surface area contributed by atoms with Crippen LogP contribution in [-0.4, -0.2) is 28.1 Å². The quantitative estimate of drug-likeness (QED) is 0.805. The monoisotopic (exact) mass is 299 g/mol. The standard InChI is InChI=1S/C16H14ClN3O/c1-20(10-11-2-6-14(17)7-3-11)16(21)12-4-5-13-9-18-19-15(13)8-12/h2-9H,10H2,1H3,(H,18,19). The fourth-order valence-corrected chi connectivity index (χ4v) is 2.35. The number of halogens is 1. The Kier molecular flexibility index (Phi) is 3.62. The summed E-state index contributed by atoms with van der Waals surface area (Å²) < 4.78 is 0. The van der Waals surface area contributed by atoms with E-state index in [0.717, 1.165) is 16.5 Å². The van der Waals surface area contributed by atoms with E-state index in [9.17, 15) is 4.79 Å². The Morgan fingerprint density at radius 3 is 2.76 bits per heavy atom. The van der Waals surface area contributed by atoms with Crippen molar-refractivity contribution in [1.29, 1.82) is 0 Å². The van der Waals surface area contributed by atoms with Crippen LogP contribution in [0, 0.1) is 0 Å². The van der Waals surface area contributed by atoms with Gasteiger partial charge in [0.15, 0.2) is 0 Å². The summed E-state index contributed by atoms with van der Waals surface area (Å²) in [6, 6.07) is 13.0. The van der Waals surface area contributed by atoms with Crippen LogP contribution in [0.15, 0.2) is 48.7 Å². The lowest BCUT2D eigenvalue weighted by molar-refractivity contribution is 0.0785. The van der Waals surface area contributed by atoms with Gasteiger partial charge in [0.2, 0.25) is 0 Å². The van der Waals surface area contributed by atoms with E-state index in [2.05, 4.69) is 10.2 Å². The number of H-pyrrole nitrogens is 1. The molecule has 0 aliphatic rings. The molecule has 21 heavy (non-hydrogen) atoms. The van der Waals surface area contributed by atoms with E-state index >= 15 is 0 Å². The molecule has 5 heteroatoms. The van der Waals surface area contributed by atoms with E-state index in [1.807, 2.05) is 42.5 Å². The molecule has 3 aromatic rings. The van der Waals surface area contributed by atoms with Crippen molar-refractivity contribution in [2.75, 3.05) is 7.05 Å². The molecule has 0 aliphatic heterocycles. The molecule has 1 aromatic heterocycles. The van der Waals surface area contributed by atoms with Crippen molar-refractivity contribution in [3.63, 3.8) is 0 Å². The van der Waals surface area contributed by atoms with Crippen LogP contribution in [0.5, 0.6) is 0 Å². The molecule has 2 aromatic carbocycles. The Labute approximate surface area is 127 Å². The van der Waals surface area contributed by atoms with E-state index in [1.54, 1.807) is 18.1 Å². The van der Waals surface area contributed by atoms with Crippen LogP contribution in [0.2, 0.25) is 5.02 Å². The lowest BCUT2D eigenvalue weighted by Crippen LogP contribution is -2.26. The average molecular weight is 300 g/mol. The lowest BCUT2D eigenvalue weighted by atomic mass is 10.1. The number of hydrogen-bond donors (Lipinski definition) is 1. The highest BCUT2D eigenvalue weighted by Crippen LogP contribution is 2.16. The molecule has 4 nitrogen and oxygen atoms in total. The van der Waals surface area contributed by atoms with Gasteiger partial charge in [0, 0.05) is 29.6 Å². The number of aromatic amines is 1. The molecule has 0 saturated heterocycles. The second-order valence-electron chi connectivity index (χ2n) is 4.96. The zero-order valence-electron chi connectivity index (χ0n) is 11.5. The molecule has 0 unspecified atom stereocenters. The molecule has 3 rings (SSSR count). The maximum Gasteiger partial charge on any atom is 0.253 e. The highest BCUT2D eigenvalue weighted by atomic mass is 35.5. The number of benzene rings is 2. The zero-order valence-corrected chi connectivity index (χ0v) is 12.3. The molecule has 0 bridgehead atoms. The van der Waals surface area contributed by atoms with E-state index < -0.39 is 0 Å². The number of hydrogen-bond acceptors (Lipinski definition) is 2. The van der Waals surface area contributed by atoms with Gasteiger partial charge in [-0.05, 0) is 29.8 Å². The Morgan fingerprint density at radius 2 is 2.00 bits per heavy atom. The van der Waals surface area contributed by atoms with Gasteiger partial charge in [-0.3, -0.25) is 9.89 Å². The normalized spacial score (nSPS) is 10.8. The molecule has 0 radical (unpaired) electrons. The number of nitrogens with one attached hydrogen (secondary N) is 1. The van der Waals surface area contributed by atoms with Crippen molar-refractivity contribution in [2.45, 2.75) is 6.54 Å². The van der Waals surface area contributed by atoms with Crippen LogP contribution >= 0.6 is 11.6 Å². The first kappa shape index (κ1) is 13.6. The van der Waals surface area contributed by atoms with Gasteiger partial charge in [-0.2, -0.15) is 5.10 Å². The fraction of sp³-hybridized carbons (Fsp3) is 0.125. The summed E-state index contributed by atoms with van der Waals surface area (Å²) in [6.45, 7) is 0.539. The number of aromatic nitrogens is 2. The molecular weight excluding hydrogens is 286 g/mol. The fourth-order valence-electron chi connectivity index (χ4n) is 2.23. The van der Waals surface area contributed by atoms with Crippen molar-refractivity contribution >= 4 is 28.4 Å². The van der Waals surface area contributed by atoms with Crippen molar-refractivity contribution in [3.8, 4) is 0 Å². The average Bonchev–Trinajstić information content (AvgIpc) is 2.96. The van der Waals surface area contributed by atoms with Gasteiger partial charge < -0.3 is 4.90 Å². The third kappa shape index (κ3) is 2.90. The summed E-state index contributed by atoms with van der Waals surface area (Å²) in [7, 11) is 1.79. The van der Waals surface area contributed by atoms with Gasteiger partial charge in [0.05, 0.1) is 11.7 Å². The molecule has 1 N–H and O–H groups in total. The summed E-state index contributed by atoms with van der Waals surface area (Å²) in [4.78, 5) is 14.1. The molecule has 1 amide bonds. The Bertz CT molecular complexity index is 780. The van der Waals surface area contributed by atoms with Gasteiger partial charge in [0.25, 0.3) is 5.91 Å².